The zero-order valence-electron chi connectivity index (χ0n) is 14.2. The first-order valence-corrected chi connectivity index (χ1v) is 7.95. The summed E-state index contributed by atoms with van der Waals surface area (Å²) < 4.78 is 0. The van der Waals surface area contributed by atoms with Gasteiger partial charge in [0.1, 0.15) is 23.2 Å². The predicted molar refractivity (Wildman–Crippen MR) is 97.1 cm³/mol. The molecule has 7 nitrogen and oxygen atoms in total. The lowest BCUT2D eigenvalue weighted by atomic mass is 9.99. The molecule has 0 aliphatic carbocycles. The molecule has 0 aliphatic rings. The highest BCUT2D eigenvalue weighted by atomic mass is 15.2. The van der Waals surface area contributed by atoms with Gasteiger partial charge in [-0.1, -0.05) is 18.2 Å². The molecule has 25 heavy (non-hydrogen) atoms. The molecule has 4 aromatic rings. The van der Waals surface area contributed by atoms with Crippen LogP contribution in [0.4, 0.5) is 5.69 Å². The Morgan fingerprint density at radius 3 is 2.68 bits per heavy atom. The summed E-state index contributed by atoms with van der Waals surface area (Å²) in [5, 5.41) is 7.10. The average molecular weight is 331 g/mol. The summed E-state index contributed by atoms with van der Waals surface area (Å²) in [5.41, 5.74) is 7.33. The molecule has 0 aliphatic heterocycles. The van der Waals surface area contributed by atoms with Crippen molar-refractivity contribution in [3.63, 3.8) is 0 Å². The van der Waals surface area contributed by atoms with Gasteiger partial charge in [-0.05, 0) is 31.9 Å². The second-order valence-electron chi connectivity index (χ2n) is 5.94. The molecule has 0 bridgehead atoms. The van der Waals surface area contributed by atoms with Gasteiger partial charge in [-0.2, -0.15) is 5.10 Å². The fraction of sp³-hybridized carbons (Fsp3) is 0.167. The number of fused-ring (bicyclic) bond motifs is 1. The standard InChI is InChI=1S/C18H17N7/c1-10-5-4-6-11(2)15(10)12(3)22-13-8-21-25-16(13)18-23-14-7-19-9-20-17(14)24-18/h4-9H,1-3H3,(H,21,25)(H,19,20,23,24). The first-order chi connectivity index (χ1) is 12.1. The topological polar surface area (TPSA) is 95.5 Å². The zero-order chi connectivity index (χ0) is 17.4. The van der Waals surface area contributed by atoms with Crippen LogP contribution in [0.1, 0.15) is 23.6 Å². The molecule has 0 saturated heterocycles. The maximum atomic E-state index is 4.78. The summed E-state index contributed by atoms with van der Waals surface area (Å²) in [7, 11) is 0. The van der Waals surface area contributed by atoms with E-state index < -0.39 is 0 Å². The van der Waals surface area contributed by atoms with Crippen molar-refractivity contribution in [3.05, 3.63) is 53.6 Å². The van der Waals surface area contributed by atoms with Crippen LogP contribution in [0, 0.1) is 13.8 Å². The van der Waals surface area contributed by atoms with Crippen LogP contribution >= 0.6 is 0 Å². The van der Waals surface area contributed by atoms with Gasteiger partial charge in [-0.15, -0.1) is 0 Å². The number of nitrogens with zero attached hydrogens (tertiary/aromatic N) is 5. The molecule has 0 amide bonds. The number of H-pyrrole nitrogens is 2. The summed E-state index contributed by atoms with van der Waals surface area (Å²) in [5.74, 6) is 0.640. The molecule has 3 heterocycles. The first-order valence-electron chi connectivity index (χ1n) is 7.95. The normalized spacial score (nSPS) is 12.0. The first kappa shape index (κ1) is 15.2. The van der Waals surface area contributed by atoms with Gasteiger partial charge in [0.2, 0.25) is 0 Å². The van der Waals surface area contributed by atoms with Gasteiger partial charge in [-0.25, -0.2) is 19.9 Å². The highest BCUT2D eigenvalue weighted by molar-refractivity contribution is 6.03. The lowest BCUT2D eigenvalue weighted by Gasteiger charge is -2.09. The summed E-state index contributed by atoms with van der Waals surface area (Å²) >= 11 is 0. The Labute approximate surface area is 144 Å². The third kappa shape index (κ3) is 2.69. The molecule has 0 saturated carbocycles. The van der Waals surface area contributed by atoms with Crippen LogP contribution in [0.3, 0.4) is 0 Å². The molecule has 0 atom stereocenters. The van der Waals surface area contributed by atoms with E-state index in [9.17, 15) is 0 Å². The lowest BCUT2D eigenvalue weighted by molar-refractivity contribution is 1.08. The van der Waals surface area contributed by atoms with Crippen molar-refractivity contribution in [2.45, 2.75) is 20.8 Å². The summed E-state index contributed by atoms with van der Waals surface area (Å²) in [6.45, 7) is 6.20. The fourth-order valence-electron chi connectivity index (χ4n) is 3.04. The van der Waals surface area contributed by atoms with E-state index in [-0.39, 0.29) is 0 Å². The van der Waals surface area contributed by atoms with E-state index in [2.05, 4.69) is 62.2 Å². The number of aromatic nitrogens is 6. The predicted octanol–water partition coefficient (Wildman–Crippen LogP) is 3.50. The molecule has 1 aromatic carbocycles. The molecule has 2 N–H and O–H groups in total. The zero-order valence-corrected chi connectivity index (χ0v) is 14.2. The number of nitrogens with one attached hydrogen (secondary N) is 2. The highest BCUT2D eigenvalue weighted by Crippen LogP contribution is 2.28. The van der Waals surface area contributed by atoms with Crippen molar-refractivity contribution in [2.24, 2.45) is 4.99 Å². The smallest absolute Gasteiger partial charge is 0.181 e. The minimum absolute atomic E-state index is 0.612. The number of hydrogen-bond donors (Lipinski definition) is 2. The van der Waals surface area contributed by atoms with E-state index in [4.69, 9.17) is 4.99 Å². The van der Waals surface area contributed by atoms with Gasteiger partial charge in [0.25, 0.3) is 0 Å². The van der Waals surface area contributed by atoms with Gasteiger partial charge in [-0.3, -0.25) is 5.10 Å². The van der Waals surface area contributed by atoms with E-state index >= 15 is 0 Å². The van der Waals surface area contributed by atoms with Crippen molar-refractivity contribution in [1.82, 2.24) is 30.1 Å². The Kier molecular flexibility index (Phi) is 3.61. The molecule has 0 fully saturated rings. The molecule has 0 unspecified atom stereocenters. The van der Waals surface area contributed by atoms with Crippen LogP contribution in [0.5, 0.6) is 0 Å². The van der Waals surface area contributed by atoms with E-state index in [1.165, 1.54) is 17.5 Å². The molecular formula is C18H17N7. The average Bonchev–Trinajstić information content (AvgIpc) is 3.20. The van der Waals surface area contributed by atoms with E-state index in [1.54, 1.807) is 12.4 Å². The Hall–Kier alpha value is -3.35. The monoisotopic (exact) mass is 331 g/mol. The summed E-state index contributed by atoms with van der Waals surface area (Å²) in [4.78, 5) is 20.6. The van der Waals surface area contributed by atoms with Crippen LogP contribution in [0.2, 0.25) is 0 Å². The molecule has 4 rings (SSSR count). The highest BCUT2D eigenvalue weighted by Gasteiger charge is 2.14. The third-order valence-corrected chi connectivity index (χ3v) is 4.15. The van der Waals surface area contributed by atoms with Crippen LogP contribution in [-0.4, -0.2) is 35.8 Å². The molecule has 124 valence electrons. The molecular weight excluding hydrogens is 314 g/mol. The van der Waals surface area contributed by atoms with Crippen LogP contribution < -0.4 is 0 Å². The Morgan fingerprint density at radius 1 is 1.12 bits per heavy atom. The number of benzene rings is 1. The Balaban J connectivity index is 1.79. The second-order valence-corrected chi connectivity index (χ2v) is 5.94. The van der Waals surface area contributed by atoms with E-state index in [0.29, 0.717) is 11.5 Å². The molecule has 0 spiro atoms. The summed E-state index contributed by atoms with van der Waals surface area (Å²) in [6, 6.07) is 6.24. The SMILES string of the molecule is CC(=Nc1cn[nH]c1-c1nc2ncncc2[nH]1)c1c(C)cccc1C. The van der Waals surface area contributed by atoms with Crippen molar-refractivity contribution in [2.75, 3.05) is 0 Å². The second kappa shape index (κ2) is 5.94. The number of aliphatic imine (C=N–C) groups is 1. The largest absolute Gasteiger partial charge is 0.334 e. The number of hydrogen-bond acceptors (Lipinski definition) is 5. The molecule has 7 heteroatoms. The Morgan fingerprint density at radius 2 is 1.92 bits per heavy atom. The van der Waals surface area contributed by atoms with Crippen molar-refractivity contribution < 1.29 is 0 Å². The van der Waals surface area contributed by atoms with E-state index in [0.717, 1.165) is 28.2 Å². The fourth-order valence-corrected chi connectivity index (χ4v) is 3.04. The number of rotatable bonds is 3. The minimum atomic E-state index is 0.612. The van der Waals surface area contributed by atoms with Crippen LogP contribution in [0.25, 0.3) is 22.7 Å². The van der Waals surface area contributed by atoms with Crippen LogP contribution in [-0.2, 0) is 0 Å². The van der Waals surface area contributed by atoms with Gasteiger partial charge in [0, 0.05) is 11.3 Å². The van der Waals surface area contributed by atoms with E-state index in [1.807, 2.05) is 6.92 Å². The number of aromatic amines is 2. The number of imidazole rings is 1. The van der Waals surface area contributed by atoms with Crippen molar-refractivity contribution >= 4 is 22.6 Å². The quantitative estimate of drug-likeness (QED) is 0.562. The molecule has 0 radical (unpaired) electrons. The van der Waals surface area contributed by atoms with Crippen molar-refractivity contribution in [3.8, 4) is 11.5 Å². The Bertz CT molecular complexity index is 1030. The maximum Gasteiger partial charge on any atom is 0.181 e. The maximum absolute atomic E-state index is 4.78. The van der Waals surface area contributed by atoms with Crippen LogP contribution in [0.15, 0.2) is 41.9 Å². The van der Waals surface area contributed by atoms with Gasteiger partial charge in [0.05, 0.1) is 12.4 Å². The lowest BCUT2D eigenvalue weighted by Crippen LogP contribution is -2.01. The van der Waals surface area contributed by atoms with Gasteiger partial charge in [0.15, 0.2) is 11.5 Å². The summed E-state index contributed by atoms with van der Waals surface area (Å²) in [6.07, 6.45) is 4.87. The van der Waals surface area contributed by atoms with Gasteiger partial charge >= 0.3 is 0 Å². The number of aryl methyl sites for hydroxylation is 2. The van der Waals surface area contributed by atoms with Crippen molar-refractivity contribution in [1.29, 1.82) is 0 Å². The minimum Gasteiger partial charge on any atom is -0.334 e. The van der Waals surface area contributed by atoms with Gasteiger partial charge < -0.3 is 4.98 Å². The molecule has 3 aromatic heterocycles. The third-order valence-electron chi connectivity index (χ3n) is 4.15.